The monoisotopic (exact) mass is 474 g/mol. The van der Waals surface area contributed by atoms with Crippen molar-refractivity contribution in [1.82, 2.24) is 19.8 Å². The van der Waals surface area contributed by atoms with E-state index in [2.05, 4.69) is 10.3 Å². The Morgan fingerprint density at radius 3 is 2.52 bits per heavy atom. The molecule has 0 saturated carbocycles. The quantitative estimate of drug-likeness (QED) is 0.502. The van der Waals surface area contributed by atoms with Crippen LogP contribution >= 0.6 is 12.2 Å². The Labute approximate surface area is 196 Å². The van der Waals surface area contributed by atoms with Gasteiger partial charge in [-0.15, -0.1) is 0 Å². The molecule has 4 rings (SSSR count). The second kappa shape index (κ2) is 9.15. The molecule has 5 nitrogen and oxygen atoms in total. The molecule has 1 aliphatic heterocycles. The number of ether oxygens (including phenoxy) is 1. The fourth-order valence-corrected chi connectivity index (χ4v) is 4.87. The van der Waals surface area contributed by atoms with Gasteiger partial charge in [0.2, 0.25) is 0 Å². The Bertz CT molecular complexity index is 1150. The highest BCUT2D eigenvalue weighted by Crippen LogP contribution is 2.42. The Balaban J connectivity index is 1.86. The summed E-state index contributed by atoms with van der Waals surface area (Å²) >= 11 is 5.63. The van der Waals surface area contributed by atoms with Crippen molar-refractivity contribution >= 4 is 17.3 Å². The summed E-state index contributed by atoms with van der Waals surface area (Å²) in [5, 5.41) is 3.92. The number of rotatable bonds is 6. The van der Waals surface area contributed by atoms with Crippen molar-refractivity contribution in [2.24, 2.45) is 0 Å². The SMILES string of the molecule is COCCN1C(=S)N[C@@H](c2ccccn2)[C@H]1c1cc(C)n(-c2ccccc2C(F)(F)F)c1C. The fourth-order valence-electron chi connectivity index (χ4n) is 4.54. The lowest BCUT2D eigenvalue weighted by molar-refractivity contribution is -0.137. The van der Waals surface area contributed by atoms with E-state index < -0.39 is 11.7 Å². The van der Waals surface area contributed by atoms with Gasteiger partial charge in [-0.2, -0.15) is 13.2 Å². The number of hydrogen-bond donors (Lipinski definition) is 1. The number of thiocarbonyl (C=S) groups is 1. The molecule has 174 valence electrons. The third-order valence-electron chi connectivity index (χ3n) is 5.97. The van der Waals surface area contributed by atoms with Crippen LogP contribution in [0.3, 0.4) is 0 Å². The van der Waals surface area contributed by atoms with Crippen LogP contribution in [0.2, 0.25) is 0 Å². The standard InChI is InChI=1S/C24H25F3N4OS/c1-15-14-17(16(2)31(15)20-10-5-4-8-18(20)24(25,26)27)22-21(19-9-6-7-11-28-19)29-23(33)30(22)12-13-32-3/h4-11,14,21-22H,12-13H2,1-3H3,(H,29,33)/t21-,22+/m0/s1. The minimum atomic E-state index is -4.46. The molecule has 1 fully saturated rings. The van der Waals surface area contributed by atoms with Crippen LogP contribution < -0.4 is 5.32 Å². The van der Waals surface area contributed by atoms with E-state index in [1.807, 2.05) is 43.0 Å². The lowest BCUT2D eigenvalue weighted by Gasteiger charge is -2.28. The zero-order valence-electron chi connectivity index (χ0n) is 18.6. The Kier molecular flexibility index (Phi) is 6.45. The van der Waals surface area contributed by atoms with Crippen molar-refractivity contribution in [1.29, 1.82) is 0 Å². The summed E-state index contributed by atoms with van der Waals surface area (Å²) in [7, 11) is 1.62. The summed E-state index contributed by atoms with van der Waals surface area (Å²) in [5.41, 5.74) is 2.58. The van der Waals surface area contributed by atoms with Gasteiger partial charge in [0.15, 0.2) is 5.11 Å². The van der Waals surface area contributed by atoms with E-state index in [9.17, 15) is 13.2 Å². The van der Waals surface area contributed by atoms with Crippen molar-refractivity contribution in [2.75, 3.05) is 20.3 Å². The summed E-state index contributed by atoms with van der Waals surface area (Å²) in [6.07, 6.45) is -2.74. The predicted molar refractivity (Wildman–Crippen MR) is 124 cm³/mol. The molecule has 0 amide bonds. The first-order chi connectivity index (χ1) is 15.7. The zero-order chi connectivity index (χ0) is 23.8. The van der Waals surface area contributed by atoms with Gasteiger partial charge in [-0.05, 0) is 62.0 Å². The number of para-hydroxylation sites is 1. The third kappa shape index (κ3) is 4.35. The molecule has 0 unspecified atom stereocenters. The van der Waals surface area contributed by atoms with Crippen LogP contribution in [0.15, 0.2) is 54.7 Å². The lowest BCUT2D eigenvalue weighted by atomic mass is 9.97. The van der Waals surface area contributed by atoms with Gasteiger partial charge in [0.05, 0.1) is 35.6 Å². The highest BCUT2D eigenvalue weighted by atomic mass is 32.1. The number of hydrogen-bond acceptors (Lipinski definition) is 3. The molecule has 0 radical (unpaired) electrons. The Hall–Kier alpha value is -2.91. The van der Waals surface area contributed by atoms with Crippen molar-refractivity contribution in [3.05, 3.63) is 82.9 Å². The van der Waals surface area contributed by atoms with E-state index in [0.29, 0.717) is 24.0 Å². The van der Waals surface area contributed by atoms with E-state index in [1.54, 1.807) is 23.9 Å². The van der Waals surface area contributed by atoms with Gasteiger partial charge < -0.3 is 19.5 Å². The topological polar surface area (TPSA) is 42.3 Å². The lowest BCUT2D eigenvalue weighted by Crippen LogP contribution is -2.32. The third-order valence-corrected chi connectivity index (χ3v) is 6.33. The number of nitrogens with zero attached hydrogens (tertiary/aromatic N) is 3. The average molecular weight is 475 g/mol. The number of aromatic nitrogens is 2. The largest absolute Gasteiger partial charge is 0.418 e. The van der Waals surface area contributed by atoms with E-state index in [1.165, 1.54) is 12.1 Å². The van der Waals surface area contributed by atoms with E-state index >= 15 is 0 Å². The predicted octanol–water partition coefficient (Wildman–Crippen LogP) is 5.13. The summed E-state index contributed by atoms with van der Waals surface area (Å²) in [6.45, 7) is 4.67. The molecule has 1 aliphatic rings. The number of pyridine rings is 1. The van der Waals surface area contributed by atoms with Crippen LogP contribution in [-0.4, -0.2) is 39.8 Å². The summed E-state index contributed by atoms with van der Waals surface area (Å²) in [5.74, 6) is 0. The van der Waals surface area contributed by atoms with Gasteiger partial charge in [-0.25, -0.2) is 0 Å². The van der Waals surface area contributed by atoms with Gasteiger partial charge >= 0.3 is 6.18 Å². The number of methoxy groups -OCH3 is 1. The first-order valence-corrected chi connectivity index (χ1v) is 11.0. The molecular formula is C24H25F3N4OS. The average Bonchev–Trinajstić information content (AvgIpc) is 3.27. The molecule has 1 N–H and O–H groups in total. The maximum atomic E-state index is 13.8. The highest BCUT2D eigenvalue weighted by molar-refractivity contribution is 7.80. The number of nitrogens with one attached hydrogen (secondary N) is 1. The molecule has 33 heavy (non-hydrogen) atoms. The van der Waals surface area contributed by atoms with Crippen molar-refractivity contribution < 1.29 is 17.9 Å². The molecule has 2 atom stereocenters. The van der Waals surface area contributed by atoms with E-state index in [0.717, 1.165) is 23.0 Å². The van der Waals surface area contributed by atoms with Crippen molar-refractivity contribution in [2.45, 2.75) is 32.1 Å². The molecule has 0 spiro atoms. The molecule has 3 aromatic rings. The van der Waals surface area contributed by atoms with Gasteiger partial charge in [-0.1, -0.05) is 18.2 Å². The van der Waals surface area contributed by atoms with Gasteiger partial charge in [-0.3, -0.25) is 4.98 Å². The maximum Gasteiger partial charge on any atom is 0.418 e. The summed E-state index contributed by atoms with van der Waals surface area (Å²) < 4.78 is 48.3. The van der Waals surface area contributed by atoms with E-state index in [4.69, 9.17) is 17.0 Å². The number of alkyl halides is 3. The zero-order valence-corrected chi connectivity index (χ0v) is 19.4. The summed E-state index contributed by atoms with van der Waals surface area (Å²) in [6, 6.07) is 12.8. The van der Waals surface area contributed by atoms with Crippen LogP contribution in [-0.2, 0) is 10.9 Å². The summed E-state index contributed by atoms with van der Waals surface area (Å²) in [4.78, 5) is 6.54. The molecule has 2 aromatic heterocycles. The second-order valence-corrected chi connectivity index (χ2v) is 8.38. The first-order valence-electron chi connectivity index (χ1n) is 10.6. The fraction of sp³-hybridized carbons (Fsp3) is 0.333. The molecule has 0 aliphatic carbocycles. The minimum Gasteiger partial charge on any atom is -0.383 e. The normalized spacial score (nSPS) is 18.6. The van der Waals surface area contributed by atoms with Gasteiger partial charge in [0.1, 0.15) is 0 Å². The number of benzene rings is 1. The molecule has 9 heteroatoms. The van der Waals surface area contributed by atoms with Crippen LogP contribution in [0.1, 0.15) is 40.3 Å². The van der Waals surface area contributed by atoms with Gasteiger partial charge in [0, 0.05) is 31.2 Å². The minimum absolute atomic E-state index is 0.109. The number of aryl methyl sites for hydroxylation is 1. The molecule has 1 aromatic carbocycles. The van der Waals surface area contributed by atoms with E-state index in [-0.39, 0.29) is 17.8 Å². The van der Waals surface area contributed by atoms with Crippen molar-refractivity contribution in [3.63, 3.8) is 0 Å². The second-order valence-electron chi connectivity index (χ2n) is 7.99. The number of halogens is 3. The molecule has 0 bridgehead atoms. The first kappa shape index (κ1) is 23.3. The Morgan fingerprint density at radius 1 is 1.12 bits per heavy atom. The molecular weight excluding hydrogens is 449 g/mol. The van der Waals surface area contributed by atoms with Gasteiger partial charge in [0.25, 0.3) is 0 Å². The smallest absolute Gasteiger partial charge is 0.383 e. The molecule has 1 saturated heterocycles. The van der Waals surface area contributed by atoms with Crippen molar-refractivity contribution in [3.8, 4) is 5.69 Å². The van der Waals surface area contributed by atoms with Crippen LogP contribution in [0.25, 0.3) is 5.69 Å². The van der Waals surface area contributed by atoms with Crippen LogP contribution in [0, 0.1) is 13.8 Å². The van der Waals surface area contributed by atoms with Crippen LogP contribution in [0.5, 0.6) is 0 Å². The maximum absolute atomic E-state index is 13.8. The molecule has 3 heterocycles. The Morgan fingerprint density at radius 2 is 1.85 bits per heavy atom. The highest BCUT2D eigenvalue weighted by Gasteiger charge is 2.41. The van der Waals surface area contributed by atoms with Crippen LogP contribution in [0.4, 0.5) is 13.2 Å².